The Morgan fingerprint density at radius 1 is 1.23 bits per heavy atom. The number of nitrogen functional groups attached to an aromatic ring is 1. The number of nitrogens with zero attached hydrogens (tertiary/aromatic N) is 6. The van der Waals surface area contributed by atoms with Gasteiger partial charge in [-0.15, -0.1) is 0 Å². The monoisotopic (exact) mass is 605 g/mol. The van der Waals surface area contributed by atoms with Gasteiger partial charge in [0.15, 0.2) is 5.13 Å². The Labute approximate surface area is 251 Å². The zero-order chi connectivity index (χ0) is 30.1. The number of hydrazine groups is 1. The summed E-state index contributed by atoms with van der Waals surface area (Å²) in [5, 5.41) is 6.66. The minimum atomic E-state index is -0.790. The van der Waals surface area contributed by atoms with Crippen molar-refractivity contribution in [3.63, 3.8) is 0 Å². The average molecular weight is 606 g/mol. The van der Waals surface area contributed by atoms with Gasteiger partial charge in [-0.3, -0.25) is 14.6 Å². The van der Waals surface area contributed by atoms with Crippen LogP contribution in [0.1, 0.15) is 30.2 Å². The number of hydrogen-bond donors (Lipinski definition) is 3. The topological polar surface area (TPSA) is 144 Å². The molecule has 2 atom stereocenters. The molecule has 0 spiro atoms. The van der Waals surface area contributed by atoms with Gasteiger partial charge in [0.05, 0.1) is 29.6 Å². The molecule has 4 aromatic rings. The minimum absolute atomic E-state index is 0.0482. The van der Waals surface area contributed by atoms with Crippen LogP contribution in [-0.4, -0.2) is 84.5 Å². The molecule has 0 unspecified atom stereocenters. The number of rotatable bonds is 9. The van der Waals surface area contributed by atoms with Crippen molar-refractivity contribution in [3.8, 4) is 0 Å². The molecule has 2 aliphatic rings. The van der Waals surface area contributed by atoms with Gasteiger partial charge < -0.3 is 25.8 Å². The number of nitrogens with one attached hydrogen (secondary N) is 2. The molecule has 12 nitrogen and oxygen atoms in total. The van der Waals surface area contributed by atoms with Crippen LogP contribution in [-0.2, 0) is 29.1 Å². The number of imidazole rings is 1. The summed E-state index contributed by atoms with van der Waals surface area (Å²) in [6.45, 7) is 2.94. The molecule has 2 aromatic carbocycles. The highest BCUT2D eigenvalue weighted by molar-refractivity contribution is 7.22. The van der Waals surface area contributed by atoms with E-state index >= 15 is 0 Å². The van der Waals surface area contributed by atoms with E-state index < -0.39 is 12.2 Å². The molecule has 4 N–H and O–H groups in total. The summed E-state index contributed by atoms with van der Waals surface area (Å²) in [4.78, 5) is 56.1. The molecule has 0 saturated carbocycles. The number of anilines is 1. The summed E-state index contributed by atoms with van der Waals surface area (Å²) in [7, 11) is 0. The quantitative estimate of drug-likeness (QED) is 0.266. The number of carbonyl (C=O) groups excluding carboxylic acids is 3. The molecule has 2 aromatic heterocycles. The highest BCUT2D eigenvalue weighted by Gasteiger charge is 2.52. The molecule has 0 bridgehead atoms. The second-order valence-corrected chi connectivity index (χ2v) is 11.7. The first-order chi connectivity index (χ1) is 20.8. The molecule has 0 aliphatic carbocycles. The fourth-order valence-electron chi connectivity index (χ4n) is 5.78. The van der Waals surface area contributed by atoms with E-state index in [1.165, 1.54) is 29.8 Å². The number of thiazole rings is 1. The van der Waals surface area contributed by atoms with Crippen molar-refractivity contribution in [1.82, 2.24) is 40.1 Å². The Morgan fingerprint density at radius 3 is 2.79 bits per heavy atom. The van der Waals surface area contributed by atoms with Gasteiger partial charge in [0.2, 0.25) is 11.8 Å². The van der Waals surface area contributed by atoms with Crippen LogP contribution in [0.4, 0.5) is 14.3 Å². The van der Waals surface area contributed by atoms with Crippen LogP contribution in [0.3, 0.4) is 0 Å². The van der Waals surface area contributed by atoms with Crippen LogP contribution in [0, 0.1) is 5.82 Å². The molecule has 4 heterocycles. The zero-order valence-corrected chi connectivity index (χ0v) is 24.4. The molecule has 2 aliphatic heterocycles. The Morgan fingerprint density at radius 2 is 2.05 bits per heavy atom. The van der Waals surface area contributed by atoms with Crippen molar-refractivity contribution in [1.29, 1.82) is 0 Å². The van der Waals surface area contributed by atoms with E-state index in [2.05, 4.69) is 20.3 Å². The van der Waals surface area contributed by atoms with Crippen molar-refractivity contribution in [2.45, 2.75) is 45.1 Å². The van der Waals surface area contributed by atoms with E-state index in [1.54, 1.807) is 38.1 Å². The number of fused-ring (bicyclic) bond motifs is 2. The molecule has 224 valence electrons. The normalized spacial score (nSPS) is 18.8. The third-order valence-electron chi connectivity index (χ3n) is 7.75. The van der Waals surface area contributed by atoms with Gasteiger partial charge in [-0.2, -0.15) is 5.01 Å². The van der Waals surface area contributed by atoms with E-state index in [-0.39, 0.29) is 56.3 Å². The van der Waals surface area contributed by atoms with Gasteiger partial charge in [-0.1, -0.05) is 42.5 Å². The standard InChI is InChI=1S/C29H32FN9O3S/c1-2-10-37(29(42)33-12-18-6-8-20(30)9-7-18)38-16-25(40)39-22(11-21-13-32-17-34-21)27(41)36(15-24(38)39)14-19-4-3-5-23-26(19)35-28(31)43-23/h3-9,13,17,22,24H,2,10-12,14-16H2,1H3,(H2,31,35)(H,32,34)(H,33,42)/t22-,24+/m0/s1. The SMILES string of the molecule is CCCN(C(=O)NCc1ccc(F)cc1)N1CC(=O)N2[C@@H](Cc3cnc[nH]3)C(=O)N(Cc3cccc4sc(N)nc34)C[C@@H]21. The smallest absolute Gasteiger partial charge is 0.332 e. The molecular weight excluding hydrogens is 573 g/mol. The number of halogens is 1. The Bertz CT molecular complexity index is 1630. The molecule has 14 heteroatoms. The lowest BCUT2D eigenvalue weighted by molar-refractivity contribution is -0.157. The van der Waals surface area contributed by atoms with Crippen molar-refractivity contribution in [3.05, 3.63) is 77.6 Å². The van der Waals surface area contributed by atoms with E-state index in [4.69, 9.17) is 5.73 Å². The number of nitrogens with two attached hydrogens (primary N) is 1. The first kappa shape index (κ1) is 28.6. The number of carbonyl (C=O) groups is 3. The van der Waals surface area contributed by atoms with E-state index in [1.807, 2.05) is 25.1 Å². The predicted octanol–water partition coefficient (Wildman–Crippen LogP) is 2.70. The molecule has 2 fully saturated rings. The van der Waals surface area contributed by atoms with E-state index in [0.29, 0.717) is 18.1 Å². The van der Waals surface area contributed by atoms with Crippen LogP contribution in [0.25, 0.3) is 10.2 Å². The van der Waals surface area contributed by atoms with Gasteiger partial charge in [-0.25, -0.2) is 19.2 Å². The maximum atomic E-state index is 14.0. The number of H-pyrrole nitrogens is 1. The number of amides is 4. The number of aromatic amines is 1. The van der Waals surface area contributed by atoms with Crippen LogP contribution >= 0.6 is 11.3 Å². The van der Waals surface area contributed by atoms with Gasteiger partial charge in [-0.05, 0) is 35.7 Å². The predicted molar refractivity (Wildman–Crippen MR) is 159 cm³/mol. The lowest BCUT2D eigenvalue weighted by Crippen LogP contribution is -2.66. The molecule has 2 saturated heterocycles. The molecule has 6 rings (SSSR count). The maximum Gasteiger partial charge on any atom is 0.332 e. The Hall–Kier alpha value is -4.56. The highest BCUT2D eigenvalue weighted by atomic mass is 32.1. The van der Waals surface area contributed by atoms with Crippen molar-refractivity contribution < 1.29 is 18.8 Å². The number of piperazine rings is 1. The zero-order valence-electron chi connectivity index (χ0n) is 23.6. The third-order valence-corrected chi connectivity index (χ3v) is 8.60. The summed E-state index contributed by atoms with van der Waals surface area (Å²) in [5.74, 6) is -0.776. The summed E-state index contributed by atoms with van der Waals surface area (Å²) in [6.07, 6.45) is 3.52. The second kappa shape index (κ2) is 12.0. The Balaban J connectivity index is 1.29. The molecule has 43 heavy (non-hydrogen) atoms. The number of para-hydroxylation sites is 1. The molecular formula is C29H32FN9O3S. The maximum absolute atomic E-state index is 14.0. The summed E-state index contributed by atoms with van der Waals surface area (Å²) >= 11 is 1.39. The van der Waals surface area contributed by atoms with Gasteiger partial charge in [0.25, 0.3) is 0 Å². The van der Waals surface area contributed by atoms with Gasteiger partial charge >= 0.3 is 6.03 Å². The molecule has 0 radical (unpaired) electrons. The van der Waals surface area contributed by atoms with Gasteiger partial charge in [0, 0.05) is 37.9 Å². The molecule has 4 amide bonds. The number of aromatic nitrogens is 3. The van der Waals surface area contributed by atoms with Crippen LogP contribution in [0.15, 0.2) is 55.0 Å². The van der Waals surface area contributed by atoms with Crippen molar-refractivity contribution in [2.75, 3.05) is 25.4 Å². The summed E-state index contributed by atoms with van der Waals surface area (Å²) in [5.41, 5.74) is 9.06. The third kappa shape index (κ3) is 5.75. The van der Waals surface area contributed by atoms with Gasteiger partial charge in [0.1, 0.15) is 18.0 Å². The highest BCUT2D eigenvalue weighted by Crippen LogP contribution is 2.32. The van der Waals surface area contributed by atoms with Crippen LogP contribution in [0.2, 0.25) is 0 Å². The second-order valence-electron chi connectivity index (χ2n) is 10.6. The van der Waals surface area contributed by atoms with Crippen LogP contribution < -0.4 is 11.1 Å². The number of benzene rings is 2. The fraction of sp³-hybridized carbons (Fsp3) is 0.345. The lowest BCUT2D eigenvalue weighted by atomic mass is 10.0. The number of urea groups is 1. The first-order valence-electron chi connectivity index (χ1n) is 14.1. The summed E-state index contributed by atoms with van der Waals surface area (Å²) in [6, 6.07) is 10.5. The van der Waals surface area contributed by atoms with Crippen LogP contribution in [0.5, 0.6) is 0 Å². The Kier molecular flexibility index (Phi) is 7.95. The lowest BCUT2D eigenvalue weighted by Gasteiger charge is -2.46. The largest absolute Gasteiger partial charge is 0.375 e. The van der Waals surface area contributed by atoms with E-state index in [0.717, 1.165) is 27.0 Å². The summed E-state index contributed by atoms with van der Waals surface area (Å²) < 4.78 is 14.3. The minimum Gasteiger partial charge on any atom is -0.375 e. The fourth-order valence-corrected chi connectivity index (χ4v) is 6.56. The van der Waals surface area contributed by atoms with Crippen molar-refractivity contribution in [2.24, 2.45) is 0 Å². The van der Waals surface area contributed by atoms with E-state index in [9.17, 15) is 18.8 Å². The first-order valence-corrected chi connectivity index (χ1v) is 14.9. The average Bonchev–Trinajstić information content (AvgIpc) is 3.72. The number of hydrogen-bond acceptors (Lipinski definition) is 8. The van der Waals surface area contributed by atoms with Crippen molar-refractivity contribution >= 4 is 44.5 Å².